The van der Waals surface area contributed by atoms with Crippen molar-refractivity contribution in [1.29, 1.82) is 0 Å². The predicted octanol–water partition coefficient (Wildman–Crippen LogP) is 2.17. The van der Waals surface area contributed by atoms with Crippen LogP contribution < -0.4 is 5.32 Å². The van der Waals surface area contributed by atoms with E-state index in [4.69, 9.17) is 0 Å². The zero-order valence-electron chi connectivity index (χ0n) is 15.1. The highest BCUT2D eigenvalue weighted by Crippen LogP contribution is 2.39. The summed E-state index contributed by atoms with van der Waals surface area (Å²) in [6, 6.07) is 13.4. The average Bonchev–Trinajstić information content (AvgIpc) is 2.56. The van der Waals surface area contributed by atoms with Crippen LogP contribution in [0.5, 0.6) is 0 Å². The molecule has 1 saturated carbocycles. The van der Waals surface area contributed by atoms with Gasteiger partial charge in [0.25, 0.3) is 0 Å². The molecule has 1 aliphatic rings. The molecule has 0 bridgehead atoms. The molecule has 2 N–H and O–H groups in total. The number of carbonyl (C=O) groups excluding carboxylic acids is 1. The van der Waals surface area contributed by atoms with Crippen LogP contribution in [0.2, 0.25) is 0 Å². The number of carboxylic acids is 1. The Kier molecular flexibility index (Phi) is 5.24. The van der Waals surface area contributed by atoms with Crippen molar-refractivity contribution < 1.29 is 23.1 Å². The maximum absolute atomic E-state index is 12.5. The first-order valence-electron chi connectivity index (χ1n) is 8.92. The number of fused-ring (bicyclic) bond motifs is 1. The third-order valence-electron chi connectivity index (χ3n) is 5.49. The van der Waals surface area contributed by atoms with Gasteiger partial charge in [-0.05, 0) is 42.0 Å². The molecule has 6 nitrogen and oxygen atoms in total. The minimum absolute atomic E-state index is 0.103. The average molecular weight is 389 g/mol. The topological polar surface area (TPSA) is 101 Å². The van der Waals surface area contributed by atoms with E-state index in [-0.39, 0.29) is 13.0 Å². The molecule has 0 radical (unpaired) electrons. The number of carbonyl (C=O) groups is 2. The molecule has 2 aromatic rings. The lowest BCUT2D eigenvalue weighted by molar-refractivity contribution is -0.141. The van der Waals surface area contributed by atoms with E-state index >= 15 is 0 Å². The van der Waals surface area contributed by atoms with Crippen LogP contribution in [0.25, 0.3) is 10.8 Å². The van der Waals surface area contributed by atoms with Gasteiger partial charge in [0.05, 0.1) is 5.92 Å². The number of rotatable bonds is 7. The fourth-order valence-corrected chi connectivity index (χ4v) is 5.06. The first kappa shape index (κ1) is 19.4. The van der Waals surface area contributed by atoms with E-state index in [1.807, 2.05) is 42.5 Å². The van der Waals surface area contributed by atoms with Gasteiger partial charge in [0.1, 0.15) is 4.75 Å². The highest BCUT2D eigenvalue weighted by molar-refractivity contribution is 7.93. The summed E-state index contributed by atoms with van der Waals surface area (Å²) in [5, 5.41) is 14.2. The maximum Gasteiger partial charge on any atom is 0.308 e. The molecule has 0 saturated heterocycles. The van der Waals surface area contributed by atoms with Crippen LogP contribution in [0.4, 0.5) is 0 Å². The van der Waals surface area contributed by atoms with Crippen molar-refractivity contribution in [3.63, 3.8) is 0 Å². The third kappa shape index (κ3) is 3.69. The van der Waals surface area contributed by atoms with E-state index in [1.54, 1.807) is 0 Å². The number of amides is 1. The molecule has 27 heavy (non-hydrogen) atoms. The summed E-state index contributed by atoms with van der Waals surface area (Å²) in [5.74, 6) is -2.44. The monoisotopic (exact) mass is 389 g/mol. The van der Waals surface area contributed by atoms with Crippen LogP contribution in [-0.2, 0) is 25.8 Å². The van der Waals surface area contributed by atoms with E-state index in [0.717, 1.165) is 22.6 Å². The number of carboxylic acid groups (broad SMARTS) is 1. The summed E-state index contributed by atoms with van der Waals surface area (Å²) in [6.45, 7) is -0.103. The number of sulfone groups is 1. The molecular weight excluding hydrogens is 366 g/mol. The largest absolute Gasteiger partial charge is 0.481 e. The first-order chi connectivity index (χ1) is 12.7. The maximum atomic E-state index is 12.5. The molecule has 1 aliphatic carbocycles. The second kappa shape index (κ2) is 7.31. The smallest absolute Gasteiger partial charge is 0.308 e. The SMILES string of the molecule is CS(=O)(=O)C1(C(=O)NCC(Cc2cccc3ccccc23)C(=O)O)CCC1. The number of hydrogen-bond acceptors (Lipinski definition) is 4. The molecule has 2 aromatic carbocycles. The van der Waals surface area contributed by atoms with Gasteiger partial charge in [0, 0.05) is 12.8 Å². The Labute approximate surface area is 158 Å². The second-order valence-electron chi connectivity index (χ2n) is 7.21. The van der Waals surface area contributed by atoms with Gasteiger partial charge in [-0.1, -0.05) is 42.5 Å². The fraction of sp³-hybridized carbons (Fsp3) is 0.400. The van der Waals surface area contributed by atoms with Gasteiger partial charge >= 0.3 is 5.97 Å². The van der Waals surface area contributed by atoms with E-state index in [1.165, 1.54) is 0 Å². The van der Waals surface area contributed by atoms with Gasteiger partial charge in [0.15, 0.2) is 9.84 Å². The zero-order chi connectivity index (χ0) is 19.7. The molecule has 1 unspecified atom stereocenters. The molecule has 0 aliphatic heterocycles. The summed E-state index contributed by atoms with van der Waals surface area (Å²) >= 11 is 0. The van der Waals surface area contributed by atoms with Crippen molar-refractivity contribution in [2.24, 2.45) is 5.92 Å². The van der Waals surface area contributed by atoms with Crippen LogP contribution in [-0.4, -0.2) is 42.9 Å². The molecule has 144 valence electrons. The molecule has 1 amide bonds. The highest BCUT2D eigenvalue weighted by atomic mass is 32.2. The zero-order valence-corrected chi connectivity index (χ0v) is 16.0. The molecule has 1 atom stereocenters. The van der Waals surface area contributed by atoms with E-state index in [0.29, 0.717) is 19.3 Å². The van der Waals surface area contributed by atoms with Crippen molar-refractivity contribution in [2.45, 2.75) is 30.4 Å². The van der Waals surface area contributed by atoms with Gasteiger partial charge in [0.2, 0.25) is 5.91 Å². The summed E-state index contributed by atoms with van der Waals surface area (Å²) in [5.41, 5.74) is 0.885. The lowest BCUT2D eigenvalue weighted by Crippen LogP contribution is -2.57. The summed E-state index contributed by atoms with van der Waals surface area (Å²) in [6.07, 6.45) is 2.58. The third-order valence-corrected chi connectivity index (χ3v) is 7.50. The van der Waals surface area contributed by atoms with Crippen molar-refractivity contribution in [2.75, 3.05) is 12.8 Å². The van der Waals surface area contributed by atoms with Gasteiger partial charge in [-0.15, -0.1) is 0 Å². The minimum atomic E-state index is -3.54. The number of aliphatic carboxylic acids is 1. The number of hydrogen-bond donors (Lipinski definition) is 2. The van der Waals surface area contributed by atoms with Crippen molar-refractivity contribution in [3.05, 3.63) is 48.0 Å². The van der Waals surface area contributed by atoms with Crippen LogP contribution in [0, 0.1) is 5.92 Å². The normalized spacial score (nSPS) is 17.1. The lowest BCUT2D eigenvalue weighted by atomic mass is 9.83. The van der Waals surface area contributed by atoms with Crippen LogP contribution in [0.1, 0.15) is 24.8 Å². The van der Waals surface area contributed by atoms with Gasteiger partial charge in [-0.25, -0.2) is 8.42 Å². The Morgan fingerprint density at radius 3 is 2.41 bits per heavy atom. The van der Waals surface area contributed by atoms with Gasteiger partial charge < -0.3 is 10.4 Å². The van der Waals surface area contributed by atoms with E-state index in [2.05, 4.69) is 5.32 Å². The Morgan fingerprint density at radius 1 is 1.15 bits per heavy atom. The van der Waals surface area contributed by atoms with Gasteiger partial charge in [-0.2, -0.15) is 0 Å². The summed E-state index contributed by atoms with van der Waals surface area (Å²) in [7, 11) is -3.54. The Bertz CT molecular complexity index is 974. The molecule has 1 fully saturated rings. The van der Waals surface area contributed by atoms with Gasteiger partial charge in [-0.3, -0.25) is 9.59 Å². The van der Waals surface area contributed by atoms with Crippen molar-refractivity contribution in [1.82, 2.24) is 5.32 Å². The van der Waals surface area contributed by atoms with E-state index < -0.39 is 32.4 Å². The molecule has 3 rings (SSSR count). The van der Waals surface area contributed by atoms with Crippen LogP contribution >= 0.6 is 0 Å². The van der Waals surface area contributed by atoms with Crippen molar-refractivity contribution >= 4 is 32.5 Å². The molecule has 0 aromatic heterocycles. The fourth-order valence-electron chi connectivity index (χ4n) is 3.62. The Hall–Kier alpha value is -2.41. The summed E-state index contributed by atoms with van der Waals surface area (Å²) in [4.78, 5) is 24.2. The Balaban J connectivity index is 1.75. The molecule has 0 spiro atoms. The summed E-state index contributed by atoms with van der Waals surface area (Å²) < 4.78 is 22.6. The highest BCUT2D eigenvalue weighted by Gasteiger charge is 2.52. The predicted molar refractivity (Wildman–Crippen MR) is 103 cm³/mol. The number of nitrogens with one attached hydrogen (secondary N) is 1. The molecular formula is C20H23NO5S. The molecule has 0 heterocycles. The first-order valence-corrected chi connectivity index (χ1v) is 10.8. The standard InChI is InChI=1S/C20H23NO5S/c1-27(25,26)20(10-5-11-20)19(24)21-13-16(18(22)23)12-15-8-4-7-14-6-2-3-9-17(14)15/h2-4,6-9,16H,5,10-13H2,1H3,(H,21,24)(H,22,23). The second-order valence-corrected chi connectivity index (χ2v) is 9.53. The van der Waals surface area contributed by atoms with Crippen LogP contribution in [0.3, 0.4) is 0 Å². The Morgan fingerprint density at radius 2 is 1.81 bits per heavy atom. The quantitative estimate of drug-likeness (QED) is 0.756. The van der Waals surface area contributed by atoms with E-state index in [9.17, 15) is 23.1 Å². The molecule has 7 heteroatoms. The van der Waals surface area contributed by atoms with Crippen molar-refractivity contribution in [3.8, 4) is 0 Å². The van der Waals surface area contributed by atoms with Crippen LogP contribution in [0.15, 0.2) is 42.5 Å². The minimum Gasteiger partial charge on any atom is -0.481 e. The lowest BCUT2D eigenvalue weighted by Gasteiger charge is -2.38. The number of benzene rings is 2.